The smallest absolute Gasteiger partial charge is 0.0429 e. The molecule has 2 nitrogen and oxygen atoms in total. The van der Waals surface area contributed by atoms with Crippen molar-refractivity contribution in [3.63, 3.8) is 0 Å². The lowest BCUT2D eigenvalue weighted by atomic mass is 9.91. The number of hydrogen-bond acceptors (Lipinski definition) is 2. The van der Waals surface area contributed by atoms with E-state index in [9.17, 15) is 0 Å². The molecule has 0 aliphatic heterocycles. The molecule has 42 heavy (non-hydrogen) atoms. The monoisotopic (exact) mass is 552 g/mol. The van der Waals surface area contributed by atoms with E-state index in [0.29, 0.717) is 5.92 Å². The molecule has 5 aromatic rings. The summed E-state index contributed by atoms with van der Waals surface area (Å²) in [5.74, 6) is 0.354. The highest BCUT2D eigenvalue weighted by atomic mass is 15.1. The third kappa shape index (κ3) is 7.70. The zero-order valence-corrected chi connectivity index (χ0v) is 25.4. The maximum atomic E-state index is 2.43. The Labute approximate surface area is 253 Å². The van der Waals surface area contributed by atoms with Gasteiger partial charge in [-0.05, 0) is 84.3 Å². The van der Waals surface area contributed by atoms with Crippen molar-refractivity contribution in [1.29, 1.82) is 0 Å². The van der Waals surface area contributed by atoms with E-state index in [0.717, 1.165) is 39.0 Å². The van der Waals surface area contributed by atoms with Crippen molar-refractivity contribution >= 4 is 11.4 Å². The van der Waals surface area contributed by atoms with Crippen LogP contribution in [0, 0.1) is 0 Å². The summed E-state index contributed by atoms with van der Waals surface area (Å²) in [5.41, 5.74) is 10.8. The molecular weight excluding hydrogens is 508 g/mol. The quantitative estimate of drug-likeness (QED) is 0.143. The standard InChI is InChI=1S/C40H44N2/c1-4-41(30-35-13-8-6-9-14-35)39-25-21-33(22-26-39)19-20-34-17-12-18-38(29-34)32(3)37-23-27-40(28-24-37)42(5-2)31-36-15-10-7-11-16-36/h6-18,21-29,32H,4-5,19-20,30-31H2,1-3H3. The first-order valence-corrected chi connectivity index (χ1v) is 15.5. The lowest BCUT2D eigenvalue weighted by molar-refractivity contribution is 0.829. The van der Waals surface area contributed by atoms with Gasteiger partial charge in [-0.1, -0.05) is 116 Å². The predicted octanol–water partition coefficient (Wildman–Crippen LogP) is 9.68. The zero-order valence-electron chi connectivity index (χ0n) is 25.4. The second-order valence-electron chi connectivity index (χ2n) is 11.2. The van der Waals surface area contributed by atoms with E-state index in [2.05, 4.69) is 164 Å². The van der Waals surface area contributed by atoms with Crippen LogP contribution in [0.1, 0.15) is 60.1 Å². The molecule has 0 saturated carbocycles. The third-order valence-corrected chi connectivity index (χ3v) is 8.41. The molecule has 1 atom stereocenters. The van der Waals surface area contributed by atoms with Crippen LogP contribution in [0.5, 0.6) is 0 Å². The van der Waals surface area contributed by atoms with Crippen LogP contribution in [0.25, 0.3) is 0 Å². The summed E-state index contributed by atoms with van der Waals surface area (Å²) in [6, 6.07) is 48.9. The van der Waals surface area contributed by atoms with E-state index in [-0.39, 0.29) is 0 Å². The molecule has 0 bridgehead atoms. The fourth-order valence-corrected chi connectivity index (χ4v) is 5.73. The molecule has 5 rings (SSSR count). The molecule has 2 heteroatoms. The molecule has 0 N–H and O–H groups in total. The molecule has 0 aliphatic rings. The fourth-order valence-electron chi connectivity index (χ4n) is 5.73. The molecule has 0 radical (unpaired) electrons. The van der Waals surface area contributed by atoms with Gasteiger partial charge in [0.25, 0.3) is 0 Å². The Morgan fingerprint density at radius 2 is 0.929 bits per heavy atom. The Bertz CT molecular complexity index is 1490. The van der Waals surface area contributed by atoms with Gasteiger partial charge in [-0.15, -0.1) is 0 Å². The van der Waals surface area contributed by atoms with Gasteiger partial charge in [-0.25, -0.2) is 0 Å². The molecule has 0 aliphatic carbocycles. The van der Waals surface area contributed by atoms with Gasteiger partial charge >= 0.3 is 0 Å². The van der Waals surface area contributed by atoms with Crippen LogP contribution >= 0.6 is 0 Å². The van der Waals surface area contributed by atoms with Gasteiger partial charge in [-0.2, -0.15) is 0 Å². The molecule has 0 aromatic heterocycles. The second kappa shape index (κ2) is 14.5. The predicted molar refractivity (Wildman–Crippen MR) is 181 cm³/mol. The minimum Gasteiger partial charge on any atom is -0.367 e. The van der Waals surface area contributed by atoms with Crippen LogP contribution in [-0.2, 0) is 25.9 Å². The van der Waals surface area contributed by atoms with E-state index in [1.54, 1.807) is 0 Å². The van der Waals surface area contributed by atoms with Gasteiger partial charge < -0.3 is 9.80 Å². The topological polar surface area (TPSA) is 6.48 Å². The highest BCUT2D eigenvalue weighted by Gasteiger charge is 2.12. The highest BCUT2D eigenvalue weighted by molar-refractivity contribution is 5.50. The van der Waals surface area contributed by atoms with Crippen molar-refractivity contribution in [3.05, 3.63) is 167 Å². The molecule has 214 valence electrons. The highest BCUT2D eigenvalue weighted by Crippen LogP contribution is 2.28. The van der Waals surface area contributed by atoms with E-state index < -0.39 is 0 Å². The minimum atomic E-state index is 0.354. The minimum absolute atomic E-state index is 0.354. The summed E-state index contributed by atoms with van der Waals surface area (Å²) in [6.45, 7) is 10.6. The molecule has 5 aromatic carbocycles. The van der Waals surface area contributed by atoms with E-state index in [1.807, 2.05) is 0 Å². The molecular formula is C40H44N2. The fraction of sp³-hybridized carbons (Fsp3) is 0.250. The van der Waals surface area contributed by atoms with Crippen LogP contribution in [0.4, 0.5) is 11.4 Å². The van der Waals surface area contributed by atoms with E-state index in [1.165, 1.54) is 44.8 Å². The summed E-state index contributed by atoms with van der Waals surface area (Å²) in [5, 5.41) is 0. The first-order chi connectivity index (χ1) is 20.6. The maximum absolute atomic E-state index is 2.43. The molecule has 0 fully saturated rings. The van der Waals surface area contributed by atoms with Crippen LogP contribution in [0.15, 0.2) is 133 Å². The van der Waals surface area contributed by atoms with Crippen molar-refractivity contribution in [3.8, 4) is 0 Å². The van der Waals surface area contributed by atoms with E-state index in [4.69, 9.17) is 0 Å². The third-order valence-electron chi connectivity index (χ3n) is 8.41. The summed E-state index contributed by atoms with van der Waals surface area (Å²) >= 11 is 0. The van der Waals surface area contributed by atoms with Gasteiger partial charge in [0.05, 0.1) is 0 Å². The van der Waals surface area contributed by atoms with Crippen molar-refractivity contribution in [1.82, 2.24) is 0 Å². The van der Waals surface area contributed by atoms with Crippen LogP contribution in [0.2, 0.25) is 0 Å². The van der Waals surface area contributed by atoms with Gasteiger partial charge in [0.15, 0.2) is 0 Å². The number of benzene rings is 5. The Kier molecular flexibility index (Phi) is 10.1. The van der Waals surface area contributed by atoms with E-state index >= 15 is 0 Å². The van der Waals surface area contributed by atoms with Crippen LogP contribution < -0.4 is 9.80 Å². The number of anilines is 2. The summed E-state index contributed by atoms with van der Waals surface area (Å²) in [7, 11) is 0. The van der Waals surface area contributed by atoms with Gasteiger partial charge in [-0.3, -0.25) is 0 Å². The Balaban J connectivity index is 1.19. The van der Waals surface area contributed by atoms with Crippen molar-refractivity contribution < 1.29 is 0 Å². The molecule has 0 spiro atoms. The van der Waals surface area contributed by atoms with Crippen LogP contribution in [-0.4, -0.2) is 13.1 Å². The second-order valence-corrected chi connectivity index (χ2v) is 11.2. The van der Waals surface area contributed by atoms with Gasteiger partial charge in [0.1, 0.15) is 0 Å². The van der Waals surface area contributed by atoms with Gasteiger partial charge in [0.2, 0.25) is 0 Å². The molecule has 1 unspecified atom stereocenters. The zero-order chi connectivity index (χ0) is 29.1. The van der Waals surface area contributed by atoms with Crippen molar-refractivity contribution in [2.45, 2.75) is 52.6 Å². The number of nitrogens with zero attached hydrogens (tertiary/aromatic N) is 2. The lowest BCUT2D eigenvalue weighted by Crippen LogP contribution is -2.21. The van der Waals surface area contributed by atoms with Crippen molar-refractivity contribution in [2.75, 3.05) is 22.9 Å². The number of rotatable bonds is 13. The summed E-state index contributed by atoms with van der Waals surface area (Å²) in [4.78, 5) is 4.86. The van der Waals surface area contributed by atoms with Gasteiger partial charge in [0, 0.05) is 43.5 Å². The Morgan fingerprint density at radius 1 is 0.452 bits per heavy atom. The largest absolute Gasteiger partial charge is 0.367 e. The Hall–Kier alpha value is -4.30. The SMILES string of the molecule is CCN(Cc1ccccc1)c1ccc(CCc2cccc(C(C)c3ccc(N(CC)Cc4ccccc4)cc3)c2)cc1. The lowest BCUT2D eigenvalue weighted by Gasteiger charge is -2.24. The number of hydrogen-bond donors (Lipinski definition) is 0. The molecule has 0 heterocycles. The average molecular weight is 553 g/mol. The Morgan fingerprint density at radius 3 is 1.45 bits per heavy atom. The summed E-state index contributed by atoms with van der Waals surface area (Å²) in [6.07, 6.45) is 2.09. The van der Waals surface area contributed by atoms with Crippen molar-refractivity contribution in [2.24, 2.45) is 0 Å². The maximum Gasteiger partial charge on any atom is 0.0429 e. The van der Waals surface area contributed by atoms with Crippen LogP contribution in [0.3, 0.4) is 0 Å². The normalized spacial score (nSPS) is 11.7. The number of aryl methyl sites for hydroxylation is 2. The molecule has 0 saturated heterocycles. The average Bonchev–Trinajstić information content (AvgIpc) is 3.06. The molecule has 0 amide bonds. The summed E-state index contributed by atoms with van der Waals surface area (Å²) < 4.78 is 0. The first-order valence-electron chi connectivity index (χ1n) is 15.5. The first kappa shape index (κ1) is 29.2.